The molecule has 4 aromatic rings. The van der Waals surface area contributed by atoms with Crippen molar-refractivity contribution in [1.82, 2.24) is 24.9 Å². The monoisotopic (exact) mass is 430 g/mol. The van der Waals surface area contributed by atoms with Crippen molar-refractivity contribution in [2.24, 2.45) is 0 Å². The summed E-state index contributed by atoms with van der Waals surface area (Å²) < 4.78 is 12.3. The van der Waals surface area contributed by atoms with Crippen molar-refractivity contribution in [3.05, 3.63) is 60.6 Å². The first-order valence-electron chi connectivity index (χ1n) is 10.3. The van der Waals surface area contributed by atoms with Gasteiger partial charge in [-0.05, 0) is 48.7 Å². The first kappa shape index (κ1) is 19.8. The molecule has 0 aromatic carbocycles. The van der Waals surface area contributed by atoms with Crippen LogP contribution in [0, 0.1) is 0 Å². The third kappa shape index (κ3) is 4.04. The maximum absolute atomic E-state index is 12.3. The maximum atomic E-state index is 12.3. The molecule has 1 aliphatic rings. The number of carbonyl (C=O) groups is 1. The van der Waals surface area contributed by atoms with Crippen molar-refractivity contribution in [3.8, 4) is 22.8 Å². The molecule has 0 atom stereocenters. The zero-order chi connectivity index (χ0) is 22.1. The van der Waals surface area contributed by atoms with Crippen LogP contribution in [-0.2, 0) is 0 Å². The van der Waals surface area contributed by atoms with Gasteiger partial charge in [0, 0.05) is 30.1 Å². The van der Waals surface area contributed by atoms with Crippen LogP contribution in [0.25, 0.3) is 16.6 Å². The highest BCUT2D eigenvalue weighted by atomic mass is 16.5. The van der Waals surface area contributed by atoms with E-state index in [0.29, 0.717) is 29.0 Å². The molecule has 0 spiro atoms. The summed E-state index contributed by atoms with van der Waals surface area (Å²) in [5, 5.41) is 10.7. The van der Waals surface area contributed by atoms with E-state index in [1.54, 1.807) is 43.1 Å². The number of fused-ring (bicyclic) bond motifs is 1. The van der Waals surface area contributed by atoms with Gasteiger partial charge in [-0.15, -0.1) is 0 Å². The van der Waals surface area contributed by atoms with E-state index >= 15 is 0 Å². The van der Waals surface area contributed by atoms with Gasteiger partial charge in [0.1, 0.15) is 11.5 Å². The van der Waals surface area contributed by atoms with Crippen molar-refractivity contribution >= 4 is 23.1 Å². The van der Waals surface area contributed by atoms with Crippen LogP contribution in [-0.4, -0.2) is 45.8 Å². The predicted molar refractivity (Wildman–Crippen MR) is 120 cm³/mol. The van der Waals surface area contributed by atoms with Gasteiger partial charge in [-0.1, -0.05) is 6.07 Å². The van der Waals surface area contributed by atoms with E-state index in [9.17, 15) is 4.79 Å². The van der Waals surface area contributed by atoms with Crippen LogP contribution in [0.3, 0.4) is 0 Å². The molecule has 0 saturated heterocycles. The number of aromatic nitrogens is 4. The van der Waals surface area contributed by atoms with Gasteiger partial charge >= 0.3 is 0 Å². The summed E-state index contributed by atoms with van der Waals surface area (Å²) in [4.78, 5) is 21.0. The van der Waals surface area contributed by atoms with Crippen LogP contribution in [0.4, 0.5) is 11.6 Å². The van der Waals surface area contributed by atoms with E-state index in [0.717, 1.165) is 29.5 Å². The molecule has 1 fully saturated rings. The average molecular weight is 430 g/mol. The normalized spacial score (nSPS) is 13.1. The van der Waals surface area contributed by atoms with Gasteiger partial charge in [0.2, 0.25) is 0 Å². The second kappa shape index (κ2) is 8.18. The lowest BCUT2D eigenvalue weighted by Crippen LogP contribution is -2.26. The molecule has 1 amide bonds. The van der Waals surface area contributed by atoms with Crippen LogP contribution in [0.2, 0.25) is 0 Å². The van der Waals surface area contributed by atoms with E-state index in [2.05, 4.69) is 25.7 Å². The Labute approximate surface area is 184 Å². The smallest absolute Gasteiger partial charge is 0.270 e. The van der Waals surface area contributed by atoms with Crippen LogP contribution in [0.15, 0.2) is 54.9 Å². The minimum absolute atomic E-state index is 0.153. The molecule has 162 valence electrons. The number of methoxy groups -OCH3 is 2. The molecule has 4 aromatic heterocycles. The van der Waals surface area contributed by atoms with Gasteiger partial charge in [0.25, 0.3) is 11.8 Å². The summed E-state index contributed by atoms with van der Waals surface area (Å²) in [6, 6.07) is 13.4. The molecular weight excluding hydrogens is 408 g/mol. The second-order valence-corrected chi connectivity index (χ2v) is 7.53. The quantitative estimate of drug-likeness (QED) is 0.463. The molecular formula is C23H22N6O3. The molecule has 9 nitrogen and oxygen atoms in total. The summed E-state index contributed by atoms with van der Waals surface area (Å²) in [6.07, 6.45) is 5.68. The summed E-state index contributed by atoms with van der Waals surface area (Å²) in [5.41, 5.74) is 3.14. The Balaban J connectivity index is 1.38. The molecule has 4 heterocycles. The number of carbonyl (C=O) groups excluding carboxylic acids is 1. The number of rotatable bonds is 7. The zero-order valence-electron chi connectivity index (χ0n) is 17.7. The minimum Gasteiger partial charge on any atom is -0.491 e. The van der Waals surface area contributed by atoms with E-state index in [1.165, 1.54) is 0 Å². The molecule has 9 heteroatoms. The number of nitrogens with one attached hydrogen (secondary N) is 2. The van der Waals surface area contributed by atoms with Crippen molar-refractivity contribution < 1.29 is 14.3 Å². The molecule has 1 aliphatic carbocycles. The number of nitrogens with zero attached hydrogens (tertiary/aromatic N) is 4. The van der Waals surface area contributed by atoms with Gasteiger partial charge in [-0.3, -0.25) is 4.79 Å². The summed E-state index contributed by atoms with van der Waals surface area (Å²) in [6.45, 7) is 0. The van der Waals surface area contributed by atoms with Gasteiger partial charge in [0.05, 0.1) is 19.7 Å². The highest BCUT2D eigenvalue weighted by Crippen LogP contribution is 2.30. The highest BCUT2D eigenvalue weighted by Gasteiger charge is 2.24. The maximum Gasteiger partial charge on any atom is 0.270 e. The lowest BCUT2D eigenvalue weighted by Gasteiger charge is -2.08. The fourth-order valence-electron chi connectivity index (χ4n) is 3.37. The van der Waals surface area contributed by atoms with E-state index in [1.807, 2.05) is 30.5 Å². The lowest BCUT2D eigenvalue weighted by atomic mass is 10.1. The first-order valence-corrected chi connectivity index (χ1v) is 10.3. The Kier molecular flexibility index (Phi) is 5.06. The third-order valence-corrected chi connectivity index (χ3v) is 5.18. The van der Waals surface area contributed by atoms with Gasteiger partial charge in [-0.25, -0.2) is 14.5 Å². The average Bonchev–Trinajstić information content (AvgIpc) is 3.54. The van der Waals surface area contributed by atoms with Crippen molar-refractivity contribution in [2.75, 3.05) is 19.5 Å². The molecule has 0 unspecified atom stereocenters. The number of amides is 1. The molecule has 32 heavy (non-hydrogen) atoms. The predicted octanol–water partition coefficient (Wildman–Crippen LogP) is 3.44. The van der Waals surface area contributed by atoms with Crippen molar-refractivity contribution in [3.63, 3.8) is 0 Å². The summed E-state index contributed by atoms with van der Waals surface area (Å²) in [7, 11) is 3.14. The number of pyridine rings is 3. The number of hydrogen-bond acceptors (Lipinski definition) is 7. The molecule has 0 bridgehead atoms. The fraction of sp³-hybridized carbons (Fsp3) is 0.217. The molecule has 0 aliphatic heterocycles. The molecule has 5 rings (SSSR count). The topological polar surface area (TPSA) is 103 Å². The van der Waals surface area contributed by atoms with E-state index in [4.69, 9.17) is 9.47 Å². The molecule has 0 radical (unpaired) electrons. The van der Waals surface area contributed by atoms with Crippen molar-refractivity contribution in [2.45, 2.75) is 18.9 Å². The Morgan fingerprint density at radius 1 is 1.06 bits per heavy atom. The number of anilines is 2. The summed E-state index contributed by atoms with van der Waals surface area (Å²) in [5.74, 6) is 2.03. The largest absolute Gasteiger partial charge is 0.491 e. The zero-order valence-corrected chi connectivity index (χ0v) is 17.7. The molecule has 2 N–H and O–H groups in total. The van der Waals surface area contributed by atoms with Crippen LogP contribution < -0.4 is 20.1 Å². The third-order valence-electron chi connectivity index (χ3n) is 5.18. The Morgan fingerprint density at radius 2 is 1.94 bits per heavy atom. The first-order chi connectivity index (χ1) is 15.6. The van der Waals surface area contributed by atoms with Gasteiger partial charge < -0.3 is 20.1 Å². The summed E-state index contributed by atoms with van der Waals surface area (Å²) >= 11 is 0. The minimum atomic E-state index is -0.153. The fourth-order valence-corrected chi connectivity index (χ4v) is 3.37. The Bertz CT molecular complexity index is 1300. The van der Waals surface area contributed by atoms with E-state index in [-0.39, 0.29) is 11.9 Å². The highest BCUT2D eigenvalue weighted by molar-refractivity contribution is 5.93. The lowest BCUT2D eigenvalue weighted by molar-refractivity contribution is 0.0946. The second-order valence-electron chi connectivity index (χ2n) is 7.53. The van der Waals surface area contributed by atoms with Crippen LogP contribution in [0.5, 0.6) is 11.6 Å². The Morgan fingerprint density at radius 3 is 2.72 bits per heavy atom. The van der Waals surface area contributed by atoms with Crippen LogP contribution >= 0.6 is 0 Å². The van der Waals surface area contributed by atoms with Crippen LogP contribution in [0.1, 0.15) is 23.3 Å². The standard InChI is InChI=1S/C23H22N6O3/c1-31-19-11-15(13-24-23(19)32-2)14-8-9-29-17(10-14)12-21(28-29)27-20-5-3-4-18(26-20)22(30)25-16-6-7-16/h3-5,8-13,16H,6-7H2,1-2H3,(H,25,30)(H,26,27,28). The number of ether oxygens (including phenoxy) is 2. The van der Waals surface area contributed by atoms with Crippen molar-refractivity contribution in [1.29, 1.82) is 0 Å². The number of hydrogen-bond donors (Lipinski definition) is 2. The van der Waals surface area contributed by atoms with Gasteiger partial charge in [0.15, 0.2) is 11.6 Å². The SMILES string of the molecule is COc1cc(-c2ccn3nc(Nc4cccc(C(=O)NC5CC5)n4)cc3c2)cnc1OC. The molecule has 1 saturated carbocycles. The van der Waals surface area contributed by atoms with Gasteiger partial charge in [-0.2, -0.15) is 5.10 Å². The van der Waals surface area contributed by atoms with E-state index < -0.39 is 0 Å². The Hall–Kier alpha value is -4.14.